The van der Waals surface area contributed by atoms with Gasteiger partial charge in [0.15, 0.2) is 0 Å². The van der Waals surface area contributed by atoms with E-state index in [-0.39, 0.29) is 55.0 Å². The first kappa shape index (κ1) is 27.3. The minimum atomic E-state index is -0.728. The highest BCUT2D eigenvalue weighted by molar-refractivity contribution is 6.05. The predicted molar refractivity (Wildman–Crippen MR) is 146 cm³/mol. The first-order valence-corrected chi connectivity index (χ1v) is 13.6. The third-order valence-corrected chi connectivity index (χ3v) is 7.40. The first-order valence-electron chi connectivity index (χ1n) is 13.6. The summed E-state index contributed by atoms with van der Waals surface area (Å²) in [7, 11) is 0. The summed E-state index contributed by atoms with van der Waals surface area (Å²) in [6, 6.07) is 16.8. The number of hydrogen-bond donors (Lipinski definition) is 1. The predicted octanol–water partition coefficient (Wildman–Crippen LogP) is 3.80. The van der Waals surface area contributed by atoms with E-state index in [1.165, 1.54) is 4.90 Å². The molecule has 1 N–H and O–H groups in total. The van der Waals surface area contributed by atoms with E-state index in [4.69, 9.17) is 0 Å². The number of rotatable bonds is 11. The molecule has 4 rings (SSSR count). The minimum Gasteiger partial charge on any atom is -0.354 e. The van der Waals surface area contributed by atoms with Crippen LogP contribution in [0.2, 0.25) is 0 Å². The lowest BCUT2D eigenvalue weighted by Crippen LogP contribution is -2.51. The molecule has 0 unspecified atom stereocenters. The van der Waals surface area contributed by atoms with Crippen LogP contribution in [-0.2, 0) is 32.1 Å². The fourth-order valence-corrected chi connectivity index (χ4v) is 5.37. The number of hydrogen-bond acceptors (Lipinski definition) is 4. The van der Waals surface area contributed by atoms with Crippen LogP contribution >= 0.6 is 0 Å². The molecule has 3 atom stereocenters. The third kappa shape index (κ3) is 6.39. The van der Waals surface area contributed by atoms with Crippen molar-refractivity contribution < 1.29 is 19.2 Å². The summed E-state index contributed by atoms with van der Waals surface area (Å²) in [5.74, 6) is -1.49. The summed E-state index contributed by atoms with van der Waals surface area (Å²) < 4.78 is 0. The molecule has 38 heavy (non-hydrogen) atoms. The maximum atomic E-state index is 13.8. The van der Waals surface area contributed by atoms with Gasteiger partial charge in [0.05, 0.1) is 11.8 Å². The largest absolute Gasteiger partial charge is 0.354 e. The van der Waals surface area contributed by atoms with Crippen LogP contribution in [0, 0.1) is 18.8 Å². The summed E-state index contributed by atoms with van der Waals surface area (Å²) in [5, 5.41) is 2.97. The first-order chi connectivity index (χ1) is 18.4. The fraction of sp³-hybridized carbons (Fsp3) is 0.419. The van der Waals surface area contributed by atoms with Gasteiger partial charge >= 0.3 is 0 Å². The van der Waals surface area contributed by atoms with Crippen LogP contribution in [0.3, 0.4) is 0 Å². The second kappa shape index (κ2) is 12.7. The average molecular weight is 516 g/mol. The van der Waals surface area contributed by atoms with Crippen LogP contribution in [0.1, 0.15) is 49.3 Å². The van der Waals surface area contributed by atoms with Crippen molar-refractivity contribution in [3.63, 3.8) is 0 Å². The molecule has 1 heterocycles. The summed E-state index contributed by atoms with van der Waals surface area (Å²) in [6.07, 6.45) is 6.16. The standard InChI is InChI=1S/C31H37N3O4/c1-3-17-32-29(36)27(20-23-11-5-4-6-12-23)34(21-24-13-9-10-22(2)19-24)28(35)16-18-33-30(37)25-14-7-8-15-26(25)31(33)38/h4-13,19,25-27H,3,14-18,20-21H2,1-2H3,(H,32,36)/t25-,26+,27-/m0/s1. The normalized spacial score (nSPS) is 19.3. The molecule has 1 fully saturated rings. The second-order valence-corrected chi connectivity index (χ2v) is 10.2. The van der Waals surface area contributed by atoms with Gasteiger partial charge in [0.2, 0.25) is 23.6 Å². The van der Waals surface area contributed by atoms with Crippen LogP contribution in [-0.4, -0.2) is 52.6 Å². The quantitative estimate of drug-likeness (QED) is 0.364. The number of fused-ring (bicyclic) bond motifs is 1. The number of nitrogens with one attached hydrogen (secondary N) is 1. The highest BCUT2D eigenvalue weighted by atomic mass is 16.2. The zero-order chi connectivity index (χ0) is 27.1. The Balaban J connectivity index is 1.57. The van der Waals surface area contributed by atoms with Gasteiger partial charge in [0.25, 0.3) is 0 Å². The zero-order valence-electron chi connectivity index (χ0n) is 22.3. The van der Waals surface area contributed by atoms with Gasteiger partial charge in [-0.3, -0.25) is 24.1 Å². The number of aryl methyl sites for hydroxylation is 1. The summed E-state index contributed by atoms with van der Waals surface area (Å²) >= 11 is 0. The van der Waals surface area contributed by atoms with Crippen molar-refractivity contribution in [3.05, 3.63) is 83.4 Å². The van der Waals surface area contributed by atoms with E-state index in [2.05, 4.69) is 5.32 Å². The Labute approximate surface area is 224 Å². The third-order valence-electron chi connectivity index (χ3n) is 7.40. The molecule has 1 aliphatic heterocycles. The molecule has 0 aromatic heterocycles. The zero-order valence-corrected chi connectivity index (χ0v) is 22.3. The topological polar surface area (TPSA) is 86.8 Å². The van der Waals surface area contributed by atoms with E-state index in [9.17, 15) is 19.2 Å². The van der Waals surface area contributed by atoms with Crippen molar-refractivity contribution in [2.24, 2.45) is 11.8 Å². The summed E-state index contributed by atoms with van der Waals surface area (Å²) in [6.45, 7) is 4.78. The van der Waals surface area contributed by atoms with Crippen molar-refractivity contribution in [2.75, 3.05) is 13.1 Å². The van der Waals surface area contributed by atoms with Crippen molar-refractivity contribution in [1.82, 2.24) is 15.1 Å². The summed E-state index contributed by atoms with van der Waals surface area (Å²) in [5.41, 5.74) is 2.94. The molecule has 2 aromatic carbocycles. The molecule has 0 saturated carbocycles. The number of nitrogens with zero attached hydrogens (tertiary/aromatic N) is 2. The van der Waals surface area contributed by atoms with Crippen molar-refractivity contribution >= 4 is 23.6 Å². The van der Waals surface area contributed by atoms with E-state index in [0.29, 0.717) is 25.8 Å². The van der Waals surface area contributed by atoms with Gasteiger partial charge in [-0.05, 0) is 37.3 Å². The van der Waals surface area contributed by atoms with Gasteiger partial charge in [0, 0.05) is 32.5 Å². The Bertz CT molecular complexity index is 1170. The molecule has 7 nitrogen and oxygen atoms in total. The van der Waals surface area contributed by atoms with Gasteiger partial charge < -0.3 is 10.2 Å². The lowest BCUT2D eigenvalue weighted by Gasteiger charge is -2.32. The van der Waals surface area contributed by atoms with Crippen molar-refractivity contribution in [1.29, 1.82) is 0 Å². The molecule has 200 valence electrons. The molecular weight excluding hydrogens is 478 g/mol. The minimum absolute atomic E-state index is 0.0253. The van der Waals surface area contributed by atoms with Gasteiger partial charge in [0.1, 0.15) is 6.04 Å². The number of benzene rings is 2. The van der Waals surface area contributed by atoms with Gasteiger partial charge in [-0.2, -0.15) is 0 Å². The van der Waals surface area contributed by atoms with Gasteiger partial charge in [-0.15, -0.1) is 0 Å². The molecule has 2 aliphatic rings. The van der Waals surface area contributed by atoms with Gasteiger partial charge in [-0.25, -0.2) is 0 Å². The number of likely N-dealkylation sites (tertiary alicyclic amines) is 1. The molecule has 0 bridgehead atoms. The molecular formula is C31H37N3O4. The van der Waals surface area contributed by atoms with E-state index in [1.807, 2.05) is 80.6 Å². The maximum absolute atomic E-state index is 13.8. The smallest absolute Gasteiger partial charge is 0.243 e. The number of amides is 4. The molecule has 0 spiro atoms. The number of allylic oxidation sites excluding steroid dienone is 2. The summed E-state index contributed by atoms with van der Waals surface area (Å²) in [4.78, 5) is 56.0. The van der Waals surface area contributed by atoms with Crippen LogP contribution in [0.4, 0.5) is 0 Å². The maximum Gasteiger partial charge on any atom is 0.243 e. The molecule has 1 saturated heterocycles. The highest BCUT2D eigenvalue weighted by Crippen LogP contribution is 2.35. The highest BCUT2D eigenvalue weighted by Gasteiger charge is 2.47. The molecule has 4 amide bonds. The lowest BCUT2D eigenvalue weighted by atomic mass is 9.85. The van der Waals surface area contributed by atoms with Crippen LogP contribution in [0.5, 0.6) is 0 Å². The Morgan fingerprint density at radius 3 is 2.26 bits per heavy atom. The Morgan fingerprint density at radius 2 is 1.63 bits per heavy atom. The van der Waals surface area contributed by atoms with Crippen LogP contribution in [0.15, 0.2) is 66.7 Å². The number of imide groups is 1. The van der Waals surface area contributed by atoms with E-state index >= 15 is 0 Å². The van der Waals surface area contributed by atoms with Gasteiger partial charge in [-0.1, -0.05) is 79.2 Å². The van der Waals surface area contributed by atoms with Crippen LogP contribution < -0.4 is 5.32 Å². The monoisotopic (exact) mass is 515 g/mol. The van der Waals surface area contributed by atoms with E-state index in [0.717, 1.165) is 23.1 Å². The Kier molecular flexibility index (Phi) is 9.10. The van der Waals surface area contributed by atoms with Crippen molar-refractivity contribution in [2.45, 2.75) is 58.5 Å². The average Bonchev–Trinajstić information content (AvgIpc) is 3.17. The van der Waals surface area contributed by atoms with E-state index in [1.54, 1.807) is 4.90 Å². The molecule has 1 aliphatic carbocycles. The fourth-order valence-electron chi connectivity index (χ4n) is 5.37. The van der Waals surface area contributed by atoms with Crippen molar-refractivity contribution in [3.8, 4) is 0 Å². The molecule has 7 heteroatoms. The SMILES string of the molecule is CCCNC(=O)[C@H](Cc1ccccc1)N(Cc1cccc(C)c1)C(=O)CCN1C(=O)[C@H]2CC=CC[C@H]2C1=O. The lowest BCUT2D eigenvalue weighted by molar-refractivity contribution is -0.144. The van der Waals surface area contributed by atoms with Crippen LogP contribution in [0.25, 0.3) is 0 Å². The molecule has 0 radical (unpaired) electrons. The Morgan fingerprint density at radius 1 is 0.974 bits per heavy atom. The molecule has 2 aromatic rings. The second-order valence-electron chi connectivity index (χ2n) is 10.2. The van der Waals surface area contributed by atoms with E-state index < -0.39 is 6.04 Å². The Hall–Kier alpha value is -3.74. The number of carbonyl (C=O) groups excluding carboxylic acids is 4. The number of carbonyl (C=O) groups is 4.